The number of carbonyl (C=O) groups excluding carboxylic acids is 1. The summed E-state index contributed by atoms with van der Waals surface area (Å²) < 4.78 is 55.9. The highest BCUT2D eigenvalue weighted by atomic mass is 19.4. The fraction of sp³-hybridized carbons (Fsp3) is 0.517. The normalized spacial score (nSPS) is 18.3. The number of fused-ring (bicyclic) bond motifs is 2. The van der Waals surface area contributed by atoms with Crippen LogP contribution in [0.3, 0.4) is 0 Å². The van der Waals surface area contributed by atoms with Crippen molar-refractivity contribution < 1.29 is 27.4 Å². The number of alkyl halides is 3. The molecule has 0 spiro atoms. The minimum atomic E-state index is -4.60. The van der Waals surface area contributed by atoms with Gasteiger partial charge in [-0.15, -0.1) is 0 Å². The second kappa shape index (κ2) is 10.4. The summed E-state index contributed by atoms with van der Waals surface area (Å²) in [7, 11) is 1.78. The highest BCUT2D eigenvalue weighted by Crippen LogP contribution is 2.47. The van der Waals surface area contributed by atoms with Gasteiger partial charge in [-0.05, 0) is 51.3 Å². The maximum atomic E-state index is 14.3. The van der Waals surface area contributed by atoms with Crippen LogP contribution in [0, 0.1) is 0 Å². The Morgan fingerprint density at radius 2 is 1.86 bits per heavy atom. The Morgan fingerprint density at radius 3 is 2.50 bits per heavy atom. The van der Waals surface area contributed by atoms with E-state index in [1.165, 1.54) is 12.4 Å². The largest absolute Gasteiger partial charge is 0.486 e. The molecule has 1 aromatic carbocycles. The highest BCUT2D eigenvalue weighted by Gasteiger charge is 2.41. The van der Waals surface area contributed by atoms with Crippen molar-refractivity contribution >= 4 is 17.6 Å². The minimum absolute atomic E-state index is 0.0545. The second-order valence-electron chi connectivity index (χ2n) is 12.2. The second-order valence-corrected chi connectivity index (χ2v) is 12.2. The first-order valence-electron chi connectivity index (χ1n) is 14.1. The monoisotopic (exact) mass is 585 g/mol. The van der Waals surface area contributed by atoms with Crippen LogP contribution in [0.2, 0.25) is 0 Å². The number of nitrogens with one attached hydrogen (secondary N) is 1. The molecule has 0 atom stereocenters. The van der Waals surface area contributed by atoms with Crippen LogP contribution in [0.25, 0.3) is 11.3 Å². The van der Waals surface area contributed by atoms with Crippen LogP contribution in [0.5, 0.6) is 5.75 Å². The van der Waals surface area contributed by atoms with Crippen molar-refractivity contribution in [1.82, 2.24) is 29.5 Å². The predicted molar refractivity (Wildman–Crippen MR) is 148 cm³/mol. The van der Waals surface area contributed by atoms with E-state index in [4.69, 9.17) is 9.47 Å². The maximum Gasteiger partial charge on any atom is 0.420 e. The number of ether oxygens (including phenoxy) is 2. The molecule has 1 amide bonds. The van der Waals surface area contributed by atoms with Gasteiger partial charge < -0.3 is 19.7 Å². The Balaban J connectivity index is 1.19. The van der Waals surface area contributed by atoms with Gasteiger partial charge in [-0.1, -0.05) is 0 Å². The number of nitrogens with zero attached hydrogens (tertiary/aromatic N) is 6. The Kier molecular flexibility index (Phi) is 7.03. The molecule has 0 unspecified atom stereocenters. The first-order chi connectivity index (χ1) is 19.9. The number of aromatic nitrogens is 4. The van der Waals surface area contributed by atoms with Crippen LogP contribution in [-0.2, 0) is 24.6 Å². The number of aryl methyl sites for hydroxylation is 1. The molecule has 0 bridgehead atoms. The van der Waals surface area contributed by atoms with E-state index in [2.05, 4.69) is 25.3 Å². The predicted octanol–water partition coefficient (Wildman–Crippen LogP) is 5.33. The molecule has 3 aliphatic rings. The number of halogens is 3. The number of benzene rings is 1. The van der Waals surface area contributed by atoms with Gasteiger partial charge in [-0.3, -0.25) is 9.58 Å². The molecular weight excluding hydrogens is 551 g/mol. The third kappa shape index (κ3) is 5.61. The topological polar surface area (TPSA) is 97.6 Å². The van der Waals surface area contributed by atoms with E-state index < -0.39 is 17.3 Å². The number of hydrogen-bond acceptors (Lipinski definition) is 8. The summed E-state index contributed by atoms with van der Waals surface area (Å²) in [4.78, 5) is 25.1. The van der Waals surface area contributed by atoms with E-state index in [9.17, 15) is 18.0 Å². The average molecular weight is 586 g/mol. The molecule has 0 saturated carbocycles. The smallest absolute Gasteiger partial charge is 0.420 e. The first kappa shape index (κ1) is 28.3. The molecule has 1 N–H and O–H groups in total. The number of carbonyl (C=O) groups is 1. The molecule has 10 nitrogen and oxygen atoms in total. The van der Waals surface area contributed by atoms with Crippen molar-refractivity contribution in [2.45, 2.75) is 64.0 Å². The molecule has 224 valence electrons. The summed E-state index contributed by atoms with van der Waals surface area (Å²) in [5.41, 5.74) is 1.31. The fourth-order valence-electron chi connectivity index (χ4n) is 5.83. The zero-order valence-corrected chi connectivity index (χ0v) is 24.0. The summed E-state index contributed by atoms with van der Waals surface area (Å²) in [5, 5.41) is 7.30. The maximum absolute atomic E-state index is 14.3. The van der Waals surface area contributed by atoms with Crippen LogP contribution in [-0.4, -0.2) is 73.5 Å². The average Bonchev–Trinajstić information content (AvgIpc) is 3.22. The van der Waals surface area contributed by atoms with E-state index in [1.54, 1.807) is 35.1 Å². The molecule has 6 rings (SSSR count). The summed E-state index contributed by atoms with van der Waals surface area (Å²) in [6.07, 6.45) is 1.50. The van der Waals surface area contributed by atoms with Gasteiger partial charge in [0.15, 0.2) is 5.75 Å². The lowest BCUT2D eigenvalue weighted by molar-refractivity contribution is -0.139. The van der Waals surface area contributed by atoms with Crippen molar-refractivity contribution in [3.8, 4) is 17.0 Å². The van der Waals surface area contributed by atoms with Crippen LogP contribution in [0.1, 0.15) is 56.2 Å². The van der Waals surface area contributed by atoms with Crippen molar-refractivity contribution in [1.29, 1.82) is 0 Å². The van der Waals surface area contributed by atoms with Gasteiger partial charge in [0.1, 0.15) is 24.4 Å². The third-order valence-corrected chi connectivity index (χ3v) is 7.97. The molecule has 13 heteroatoms. The van der Waals surface area contributed by atoms with E-state index in [-0.39, 0.29) is 36.1 Å². The lowest BCUT2D eigenvalue weighted by Crippen LogP contribution is -2.55. The third-order valence-electron chi connectivity index (χ3n) is 7.97. The highest BCUT2D eigenvalue weighted by molar-refractivity contribution is 5.76. The Bertz CT molecular complexity index is 1490. The van der Waals surface area contributed by atoms with Gasteiger partial charge in [-0.2, -0.15) is 18.3 Å². The van der Waals surface area contributed by atoms with Crippen molar-refractivity contribution in [2.75, 3.05) is 31.5 Å². The lowest BCUT2D eigenvalue weighted by Gasteiger charge is -2.47. The van der Waals surface area contributed by atoms with E-state index in [1.807, 2.05) is 20.8 Å². The number of anilines is 2. The van der Waals surface area contributed by atoms with Gasteiger partial charge in [-0.25, -0.2) is 14.8 Å². The summed E-state index contributed by atoms with van der Waals surface area (Å²) in [6.45, 7) is 7.91. The minimum Gasteiger partial charge on any atom is -0.486 e. The standard InChI is InChI=1S/C29H34F3N7O3/c1-28(2,3)42-27(40)38-7-5-20(6-8-38)39-13-19(14-39)17-9-22(29(30,31)32)25-23(10-17)36-26-21(15-41-25)24(33-16-34-26)18-11-35-37(4)12-18/h9-12,16,19-20H,5-8,13-15H2,1-4H3,(H,33,34,36). The summed E-state index contributed by atoms with van der Waals surface area (Å²) >= 11 is 0. The molecule has 42 heavy (non-hydrogen) atoms. The zero-order valence-electron chi connectivity index (χ0n) is 24.0. The van der Waals surface area contributed by atoms with E-state index >= 15 is 0 Å². The fourth-order valence-corrected chi connectivity index (χ4v) is 5.83. The quantitative estimate of drug-likeness (QED) is 0.441. The molecule has 0 radical (unpaired) electrons. The van der Waals surface area contributed by atoms with Crippen LogP contribution < -0.4 is 10.1 Å². The summed E-state index contributed by atoms with van der Waals surface area (Å²) in [6, 6.07) is 3.24. The first-order valence-corrected chi connectivity index (χ1v) is 14.1. The molecule has 2 saturated heterocycles. The number of likely N-dealkylation sites (tertiary alicyclic amines) is 2. The van der Waals surface area contributed by atoms with Crippen molar-refractivity contribution in [3.05, 3.63) is 47.5 Å². The van der Waals surface area contributed by atoms with Crippen molar-refractivity contribution in [2.24, 2.45) is 7.05 Å². The SMILES string of the molecule is Cn1cc(-c2ncnc3c2COc2c(cc(C4CN(C5CCN(C(=O)OC(C)(C)C)CC5)C4)cc2C(F)(F)F)N3)cn1. The van der Waals surface area contributed by atoms with Crippen LogP contribution in [0.15, 0.2) is 30.9 Å². The molecule has 2 aromatic heterocycles. The van der Waals surface area contributed by atoms with E-state index in [0.29, 0.717) is 48.8 Å². The molecule has 3 aromatic rings. The van der Waals surface area contributed by atoms with Gasteiger partial charge in [0.25, 0.3) is 0 Å². The Hall–Kier alpha value is -3.87. The van der Waals surface area contributed by atoms with Gasteiger partial charge in [0.2, 0.25) is 0 Å². The van der Waals surface area contributed by atoms with Crippen LogP contribution >= 0.6 is 0 Å². The molecule has 3 aliphatic heterocycles. The van der Waals surface area contributed by atoms with Crippen molar-refractivity contribution in [3.63, 3.8) is 0 Å². The number of amides is 1. The van der Waals surface area contributed by atoms with Gasteiger partial charge in [0.05, 0.1) is 28.7 Å². The molecule has 2 fully saturated rings. The Morgan fingerprint density at radius 1 is 1.12 bits per heavy atom. The molecule has 5 heterocycles. The summed E-state index contributed by atoms with van der Waals surface area (Å²) in [5.74, 6) is 0.105. The molecule has 0 aliphatic carbocycles. The number of hydrogen-bond donors (Lipinski definition) is 1. The molecular formula is C29H34F3N7O3. The van der Waals surface area contributed by atoms with Gasteiger partial charge in [0, 0.05) is 56.9 Å². The van der Waals surface area contributed by atoms with E-state index in [0.717, 1.165) is 18.4 Å². The Labute approximate surface area is 241 Å². The lowest BCUT2D eigenvalue weighted by atomic mass is 9.86. The number of rotatable bonds is 3. The van der Waals surface area contributed by atoms with Crippen LogP contribution in [0.4, 0.5) is 29.5 Å². The zero-order chi connectivity index (χ0) is 29.8. The van der Waals surface area contributed by atoms with Gasteiger partial charge >= 0.3 is 12.3 Å². The number of piperidine rings is 1.